The molecule has 26 heavy (non-hydrogen) atoms. The number of nitrogen functional groups attached to an aromatic ring is 1. The van der Waals surface area contributed by atoms with Gasteiger partial charge in [0.2, 0.25) is 5.91 Å². The lowest BCUT2D eigenvalue weighted by Gasteiger charge is -2.29. The summed E-state index contributed by atoms with van der Waals surface area (Å²) < 4.78 is 0. The molecule has 4 heteroatoms. The van der Waals surface area contributed by atoms with Crippen LogP contribution in [0.15, 0.2) is 66.1 Å². The minimum Gasteiger partial charge on any atom is -0.397 e. The van der Waals surface area contributed by atoms with Crippen LogP contribution in [0, 0.1) is 0 Å². The zero-order chi connectivity index (χ0) is 17.9. The lowest BCUT2D eigenvalue weighted by molar-refractivity contribution is -0.118. The van der Waals surface area contributed by atoms with Crippen LogP contribution in [0.1, 0.15) is 17.5 Å². The van der Waals surface area contributed by atoms with Gasteiger partial charge < -0.3 is 10.6 Å². The fraction of sp³-hybridized carbons (Fsp3) is 0.136. The van der Waals surface area contributed by atoms with E-state index in [1.54, 1.807) is 11.3 Å². The third kappa shape index (κ3) is 3.16. The Labute approximate surface area is 157 Å². The number of carbonyl (C=O) groups is 1. The first kappa shape index (κ1) is 16.6. The van der Waals surface area contributed by atoms with Crippen molar-refractivity contribution in [3.63, 3.8) is 0 Å². The van der Waals surface area contributed by atoms with E-state index in [1.165, 1.54) is 10.4 Å². The predicted molar refractivity (Wildman–Crippen MR) is 110 cm³/mol. The molecule has 2 N–H and O–H groups in total. The van der Waals surface area contributed by atoms with Crippen LogP contribution in [0.2, 0.25) is 0 Å². The first-order valence-electron chi connectivity index (χ1n) is 8.71. The van der Waals surface area contributed by atoms with Gasteiger partial charge in [-0.3, -0.25) is 4.79 Å². The molecule has 0 saturated carbocycles. The summed E-state index contributed by atoms with van der Waals surface area (Å²) in [5.41, 5.74) is 11.1. The lowest BCUT2D eigenvalue weighted by Crippen LogP contribution is -2.34. The second kappa shape index (κ2) is 7.18. The Balaban J connectivity index is 1.64. The molecule has 2 aromatic carbocycles. The van der Waals surface area contributed by atoms with E-state index in [9.17, 15) is 4.79 Å². The summed E-state index contributed by atoms with van der Waals surface area (Å²) >= 11 is 1.69. The fourth-order valence-corrected chi connectivity index (χ4v) is 4.13. The van der Waals surface area contributed by atoms with Gasteiger partial charge in [0, 0.05) is 29.0 Å². The van der Waals surface area contributed by atoms with Gasteiger partial charge in [0.1, 0.15) is 0 Å². The smallest absolute Gasteiger partial charge is 0.227 e. The van der Waals surface area contributed by atoms with Gasteiger partial charge in [0.25, 0.3) is 0 Å². The Morgan fingerprint density at radius 3 is 2.69 bits per heavy atom. The zero-order valence-corrected chi connectivity index (χ0v) is 15.2. The van der Waals surface area contributed by atoms with Gasteiger partial charge in [-0.25, -0.2) is 0 Å². The maximum Gasteiger partial charge on any atom is 0.227 e. The number of carbonyl (C=O) groups excluding carboxylic acids is 1. The molecule has 0 spiro atoms. The highest BCUT2D eigenvalue weighted by atomic mass is 32.1. The van der Waals surface area contributed by atoms with E-state index in [0.717, 1.165) is 23.2 Å². The number of fused-ring (bicyclic) bond motifs is 1. The van der Waals surface area contributed by atoms with Crippen LogP contribution in [0.3, 0.4) is 0 Å². The SMILES string of the molecule is Nc1ccc(-c2cccs2)c2c1N(C(=O)CCc1ccccc1)CC=C2. The van der Waals surface area contributed by atoms with Crippen molar-refractivity contribution in [2.75, 3.05) is 17.2 Å². The van der Waals surface area contributed by atoms with Crippen molar-refractivity contribution in [2.45, 2.75) is 12.8 Å². The van der Waals surface area contributed by atoms with Crippen molar-refractivity contribution in [2.24, 2.45) is 0 Å². The first-order valence-corrected chi connectivity index (χ1v) is 9.59. The summed E-state index contributed by atoms with van der Waals surface area (Å²) in [6.45, 7) is 0.568. The van der Waals surface area contributed by atoms with E-state index in [4.69, 9.17) is 5.73 Å². The number of anilines is 2. The van der Waals surface area contributed by atoms with Crippen LogP contribution in [-0.4, -0.2) is 12.5 Å². The molecule has 4 rings (SSSR count). The van der Waals surface area contributed by atoms with Crippen molar-refractivity contribution < 1.29 is 4.79 Å². The number of benzene rings is 2. The normalized spacial score (nSPS) is 12.8. The lowest BCUT2D eigenvalue weighted by atomic mass is 9.98. The second-order valence-corrected chi connectivity index (χ2v) is 7.28. The molecule has 1 amide bonds. The molecule has 0 unspecified atom stereocenters. The highest BCUT2D eigenvalue weighted by Gasteiger charge is 2.24. The van der Waals surface area contributed by atoms with Gasteiger partial charge in [-0.2, -0.15) is 0 Å². The predicted octanol–water partition coefficient (Wildman–Crippen LogP) is 4.99. The summed E-state index contributed by atoms with van der Waals surface area (Å²) in [7, 11) is 0. The van der Waals surface area contributed by atoms with E-state index in [2.05, 4.69) is 29.7 Å². The monoisotopic (exact) mass is 360 g/mol. The Bertz CT molecular complexity index is 946. The number of aryl methyl sites for hydroxylation is 1. The molecule has 3 aromatic rings. The van der Waals surface area contributed by atoms with E-state index in [-0.39, 0.29) is 5.91 Å². The van der Waals surface area contributed by atoms with Crippen LogP contribution in [-0.2, 0) is 11.2 Å². The third-order valence-electron chi connectivity index (χ3n) is 4.65. The Kier molecular flexibility index (Phi) is 4.59. The molecule has 1 aromatic heterocycles. The number of thiophene rings is 1. The molecular formula is C22H20N2OS. The molecule has 0 radical (unpaired) electrons. The Morgan fingerprint density at radius 1 is 1.08 bits per heavy atom. The number of nitrogens with two attached hydrogens (primary N) is 1. The second-order valence-electron chi connectivity index (χ2n) is 6.33. The van der Waals surface area contributed by atoms with Gasteiger partial charge in [0.15, 0.2) is 0 Å². The molecule has 1 aliphatic heterocycles. The maximum atomic E-state index is 12.9. The number of rotatable bonds is 4. The Hall–Kier alpha value is -2.85. The van der Waals surface area contributed by atoms with Crippen LogP contribution >= 0.6 is 11.3 Å². The quantitative estimate of drug-likeness (QED) is 0.666. The number of hydrogen-bond donors (Lipinski definition) is 1. The zero-order valence-electron chi connectivity index (χ0n) is 14.4. The van der Waals surface area contributed by atoms with E-state index in [1.807, 2.05) is 47.4 Å². The molecule has 2 heterocycles. The molecule has 0 atom stereocenters. The summed E-state index contributed by atoms with van der Waals surface area (Å²) in [4.78, 5) is 15.9. The number of amides is 1. The Morgan fingerprint density at radius 2 is 1.92 bits per heavy atom. The van der Waals surface area contributed by atoms with Crippen LogP contribution < -0.4 is 10.6 Å². The molecule has 0 saturated heterocycles. The van der Waals surface area contributed by atoms with Crippen molar-refractivity contribution in [1.29, 1.82) is 0 Å². The first-order chi connectivity index (χ1) is 12.7. The summed E-state index contributed by atoms with van der Waals surface area (Å²) in [6.07, 6.45) is 5.33. The minimum absolute atomic E-state index is 0.106. The topological polar surface area (TPSA) is 46.3 Å². The largest absolute Gasteiger partial charge is 0.397 e. The minimum atomic E-state index is 0.106. The molecule has 3 nitrogen and oxygen atoms in total. The summed E-state index contributed by atoms with van der Waals surface area (Å²) in [5.74, 6) is 0.106. The number of nitrogens with zero attached hydrogens (tertiary/aromatic N) is 1. The van der Waals surface area contributed by atoms with Crippen LogP contribution in [0.25, 0.3) is 16.5 Å². The molecule has 0 fully saturated rings. The molecular weight excluding hydrogens is 340 g/mol. The van der Waals surface area contributed by atoms with Gasteiger partial charge in [0.05, 0.1) is 11.4 Å². The average molecular weight is 360 g/mol. The van der Waals surface area contributed by atoms with Gasteiger partial charge in [-0.1, -0.05) is 54.6 Å². The molecule has 0 aliphatic carbocycles. The third-order valence-corrected chi connectivity index (χ3v) is 5.55. The van der Waals surface area contributed by atoms with Gasteiger partial charge in [-0.05, 0) is 29.5 Å². The van der Waals surface area contributed by atoms with Crippen LogP contribution in [0.5, 0.6) is 0 Å². The van der Waals surface area contributed by atoms with E-state index >= 15 is 0 Å². The van der Waals surface area contributed by atoms with E-state index in [0.29, 0.717) is 18.7 Å². The van der Waals surface area contributed by atoms with Crippen molar-refractivity contribution in [1.82, 2.24) is 0 Å². The van der Waals surface area contributed by atoms with E-state index < -0.39 is 0 Å². The standard InChI is InChI=1S/C22H20N2OS/c23-19-12-11-17(20-9-5-15-26-20)18-8-4-14-24(22(18)19)21(25)13-10-16-6-2-1-3-7-16/h1-9,11-12,15H,10,13-14,23H2. The highest BCUT2D eigenvalue weighted by Crippen LogP contribution is 2.40. The molecule has 1 aliphatic rings. The summed E-state index contributed by atoms with van der Waals surface area (Å²) in [5, 5.41) is 2.06. The maximum absolute atomic E-state index is 12.9. The van der Waals surface area contributed by atoms with Crippen molar-refractivity contribution >= 4 is 34.7 Å². The fourth-order valence-electron chi connectivity index (χ4n) is 3.37. The van der Waals surface area contributed by atoms with Crippen molar-refractivity contribution in [3.05, 3.63) is 77.2 Å². The number of hydrogen-bond acceptors (Lipinski definition) is 3. The molecule has 130 valence electrons. The molecule has 0 bridgehead atoms. The van der Waals surface area contributed by atoms with Gasteiger partial charge in [-0.15, -0.1) is 11.3 Å². The average Bonchev–Trinajstić information content (AvgIpc) is 3.21. The highest BCUT2D eigenvalue weighted by molar-refractivity contribution is 7.13. The van der Waals surface area contributed by atoms with Crippen LogP contribution in [0.4, 0.5) is 11.4 Å². The van der Waals surface area contributed by atoms with Crippen molar-refractivity contribution in [3.8, 4) is 10.4 Å². The summed E-state index contributed by atoms with van der Waals surface area (Å²) in [6, 6.07) is 18.2. The van der Waals surface area contributed by atoms with Gasteiger partial charge >= 0.3 is 0 Å².